The van der Waals surface area contributed by atoms with E-state index in [4.69, 9.17) is 5.11 Å². The highest BCUT2D eigenvalue weighted by Crippen LogP contribution is 2.01. The zero-order valence-corrected chi connectivity index (χ0v) is 8.24. The molecule has 0 unspecified atom stereocenters. The van der Waals surface area contributed by atoms with Crippen LogP contribution in [0, 0.1) is 0 Å². The lowest BCUT2D eigenvalue weighted by Crippen LogP contribution is -1.92. The number of halogens is 1. The quantitative estimate of drug-likeness (QED) is 0.404. The topological polar surface area (TPSA) is 37.3 Å². The van der Waals surface area contributed by atoms with Gasteiger partial charge in [-0.1, -0.05) is 12.2 Å². The van der Waals surface area contributed by atoms with E-state index < -0.39 is 0 Å². The van der Waals surface area contributed by atoms with Crippen LogP contribution < -0.4 is 0 Å². The summed E-state index contributed by atoms with van der Waals surface area (Å²) in [6, 6.07) is 0. The number of hydrogen-bond donors (Lipinski definition) is 1. The minimum absolute atomic E-state index is 0.108. The summed E-state index contributed by atoms with van der Waals surface area (Å²) in [5.74, 6) is -0.108. The maximum Gasteiger partial charge on any atom is 0.159 e. The van der Waals surface area contributed by atoms with Crippen LogP contribution in [-0.4, -0.2) is 17.5 Å². The van der Waals surface area contributed by atoms with E-state index >= 15 is 0 Å². The Labute approximate surface area is 83.4 Å². The molecular formula is C11H15FO2. The van der Waals surface area contributed by atoms with E-state index in [1.165, 1.54) is 19.1 Å². The van der Waals surface area contributed by atoms with E-state index in [-0.39, 0.29) is 12.4 Å². The molecule has 0 aliphatic heterocycles. The molecule has 0 atom stereocenters. The first-order valence-electron chi connectivity index (χ1n) is 4.47. The summed E-state index contributed by atoms with van der Waals surface area (Å²) >= 11 is 0. The number of allylic oxidation sites excluding steroid dienone is 5. The van der Waals surface area contributed by atoms with Crippen LogP contribution in [-0.2, 0) is 4.79 Å². The summed E-state index contributed by atoms with van der Waals surface area (Å²) < 4.78 is 11.7. The highest BCUT2D eigenvalue weighted by molar-refractivity contribution is 5.96. The summed E-state index contributed by atoms with van der Waals surface area (Å²) in [6.45, 7) is 1.56. The molecule has 0 aromatic rings. The molecule has 1 N–H and O–H groups in total. The number of Topliss-reactive ketones (excluding diaryl/α,β-unsaturated/α-hetero) is 1. The average Bonchev–Trinajstić information content (AvgIpc) is 2.16. The molecule has 0 aliphatic rings. The third-order valence-corrected chi connectivity index (χ3v) is 1.58. The molecule has 0 aromatic carbocycles. The van der Waals surface area contributed by atoms with Crippen molar-refractivity contribution < 1.29 is 14.3 Å². The predicted molar refractivity (Wildman–Crippen MR) is 54.5 cm³/mol. The average molecular weight is 198 g/mol. The third kappa shape index (κ3) is 6.31. The first-order valence-corrected chi connectivity index (χ1v) is 4.47. The Balaban J connectivity index is 4.23. The molecule has 14 heavy (non-hydrogen) atoms. The number of rotatable bonds is 6. The number of aliphatic hydroxyl groups is 1. The Morgan fingerprint density at radius 1 is 1.50 bits per heavy atom. The summed E-state index contributed by atoms with van der Waals surface area (Å²) in [7, 11) is 0. The molecule has 0 aromatic heterocycles. The van der Waals surface area contributed by atoms with Crippen molar-refractivity contribution in [3.63, 3.8) is 0 Å². The number of carbonyl (C=O) groups is 1. The maximum atomic E-state index is 11.7. The van der Waals surface area contributed by atoms with Gasteiger partial charge in [-0.3, -0.25) is 4.79 Å². The van der Waals surface area contributed by atoms with Gasteiger partial charge < -0.3 is 5.11 Å². The maximum absolute atomic E-state index is 11.7. The van der Waals surface area contributed by atoms with Gasteiger partial charge >= 0.3 is 0 Å². The molecule has 0 spiro atoms. The van der Waals surface area contributed by atoms with Crippen LogP contribution in [0.2, 0.25) is 0 Å². The number of hydrogen-bond acceptors (Lipinski definition) is 2. The van der Waals surface area contributed by atoms with Gasteiger partial charge in [-0.05, 0) is 31.9 Å². The number of unbranched alkanes of at least 4 members (excludes halogenated alkanes) is 1. The van der Waals surface area contributed by atoms with Gasteiger partial charge in [0.2, 0.25) is 0 Å². The number of aliphatic hydroxyl groups excluding tert-OH is 1. The molecule has 0 rings (SSSR count). The van der Waals surface area contributed by atoms with Crippen molar-refractivity contribution in [1.29, 1.82) is 0 Å². The van der Waals surface area contributed by atoms with Crippen molar-refractivity contribution in [3.8, 4) is 0 Å². The van der Waals surface area contributed by atoms with Gasteiger partial charge in [0.05, 0.1) is 6.33 Å². The SMILES string of the molecule is CC(=O)C(/C=C/CCCO)=C/C=C/F. The van der Waals surface area contributed by atoms with Gasteiger partial charge in [-0.2, -0.15) is 0 Å². The lowest BCUT2D eigenvalue weighted by Gasteiger charge is -1.93. The van der Waals surface area contributed by atoms with Gasteiger partial charge in [0.1, 0.15) is 0 Å². The second-order valence-electron chi connectivity index (χ2n) is 2.76. The molecule has 0 heterocycles. The van der Waals surface area contributed by atoms with Crippen LogP contribution in [0.3, 0.4) is 0 Å². The van der Waals surface area contributed by atoms with E-state index in [1.54, 1.807) is 12.2 Å². The van der Waals surface area contributed by atoms with Gasteiger partial charge in [0.15, 0.2) is 5.78 Å². The smallest absolute Gasteiger partial charge is 0.159 e. The fourth-order valence-electron chi connectivity index (χ4n) is 0.850. The third-order valence-electron chi connectivity index (χ3n) is 1.58. The highest BCUT2D eigenvalue weighted by Gasteiger charge is 1.96. The van der Waals surface area contributed by atoms with E-state index in [9.17, 15) is 9.18 Å². The second-order valence-corrected chi connectivity index (χ2v) is 2.76. The molecule has 0 saturated heterocycles. The van der Waals surface area contributed by atoms with Crippen LogP contribution in [0.4, 0.5) is 4.39 Å². The Morgan fingerprint density at radius 3 is 2.71 bits per heavy atom. The largest absolute Gasteiger partial charge is 0.396 e. The first-order chi connectivity index (χ1) is 6.72. The van der Waals surface area contributed by atoms with E-state index in [0.29, 0.717) is 24.7 Å². The number of ketones is 1. The molecule has 0 radical (unpaired) electrons. The van der Waals surface area contributed by atoms with Gasteiger partial charge in [-0.25, -0.2) is 4.39 Å². The molecule has 0 bridgehead atoms. The molecular weight excluding hydrogens is 183 g/mol. The van der Waals surface area contributed by atoms with E-state index in [0.717, 1.165) is 0 Å². The van der Waals surface area contributed by atoms with Crippen LogP contribution in [0.15, 0.2) is 36.2 Å². The Kier molecular flexibility index (Phi) is 7.65. The monoisotopic (exact) mass is 198 g/mol. The molecule has 0 fully saturated rings. The lowest BCUT2D eigenvalue weighted by atomic mass is 10.1. The molecule has 2 nitrogen and oxygen atoms in total. The first kappa shape index (κ1) is 12.8. The summed E-state index contributed by atoms with van der Waals surface area (Å²) in [6.07, 6.45) is 7.77. The minimum Gasteiger partial charge on any atom is -0.396 e. The van der Waals surface area contributed by atoms with Crippen molar-refractivity contribution in [1.82, 2.24) is 0 Å². The van der Waals surface area contributed by atoms with Gasteiger partial charge in [0.25, 0.3) is 0 Å². The fourth-order valence-corrected chi connectivity index (χ4v) is 0.850. The Hall–Kier alpha value is -1.22. The van der Waals surface area contributed by atoms with Crippen molar-refractivity contribution in [3.05, 3.63) is 36.2 Å². The van der Waals surface area contributed by atoms with Crippen LogP contribution in [0.5, 0.6) is 0 Å². The standard InChI is InChI=1S/C11H15FO2/c1-10(14)11(7-5-8-12)6-3-2-4-9-13/h3,5-8,13H,2,4,9H2,1H3/b6-3+,8-5+,11-7+. The van der Waals surface area contributed by atoms with Crippen molar-refractivity contribution in [2.45, 2.75) is 19.8 Å². The van der Waals surface area contributed by atoms with Crippen molar-refractivity contribution in [2.24, 2.45) is 0 Å². The lowest BCUT2D eigenvalue weighted by molar-refractivity contribution is -0.113. The van der Waals surface area contributed by atoms with Gasteiger partial charge in [0, 0.05) is 12.2 Å². The highest BCUT2D eigenvalue weighted by atomic mass is 19.1. The Morgan fingerprint density at radius 2 is 2.21 bits per heavy atom. The van der Waals surface area contributed by atoms with E-state index in [1.807, 2.05) is 0 Å². The Bertz CT molecular complexity index is 252. The second kappa shape index (κ2) is 8.38. The molecule has 3 heteroatoms. The summed E-state index contributed by atoms with van der Waals surface area (Å²) in [5.41, 5.74) is 0.455. The molecule has 0 amide bonds. The van der Waals surface area contributed by atoms with Gasteiger partial charge in [-0.15, -0.1) is 0 Å². The fraction of sp³-hybridized carbons (Fsp3) is 0.364. The normalized spacial score (nSPS) is 12.9. The summed E-state index contributed by atoms with van der Waals surface area (Å²) in [5, 5.41) is 8.51. The van der Waals surface area contributed by atoms with Crippen LogP contribution in [0.1, 0.15) is 19.8 Å². The molecule has 78 valence electrons. The van der Waals surface area contributed by atoms with Crippen LogP contribution in [0.25, 0.3) is 0 Å². The zero-order valence-electron chi connectivity index (χ0n) is 8.24. The van der Waals surface area contributed by atoms with E-state index in [2.05, 4.69) is 0 Å². The molecule has 0 aliphatic carbocycles. The minimum atomic E-state index is -0.108. The number of carbonyl (C=O) groups excluding carboxylic acids is 1. The van der Waals surface area contributed by atoms with Crippen molar-refractivity contribution >= 4 is 5.78 Å². The van der Waals surface area contributed by atoms with Crippen LogP contribution >= 0.6 is 0 Å². The zero-order chi connectivity index (χ0) is 10.8. The van der Waals surface area contributed by atoms with Crippen molar-refractivity contribution in [2.75, 3.05) is 6.61 Å². The molecule has 0 saturated carbocycles. The predicted octanol–water partition coefficient (Wildman–Crippen LogP) is 2.31. The summed E-state index contributed by atoms with van der Waals surface area (Å²) in [4.78, 5) is 11.0.